The van der Waals surface area contributed by atoms with Crippen molar-refractivity contribution in [3.63, 3.8) is 0 Å². The minimum absolute atomic E-state index is 0.174. The lowest BCUT2D eigenvalue weighted by Gasteiger charge is -2.38. The van der Waals surface area contributed by atoms with Crippen molar-refractivity contribution in [3.8, 4) is 0 Å². The summed E-state index contributed by atoms with van der Waals surface area (Å²) in [5.41, 5.74) is 3.14. The summed E-state index contributed by atoms with van der Waals surface area (Å²) >= 11 is 1.73. The third-order valence-electron chi connectivity index (χ3n) is 6.40. The van der Waals surface area contributed by atoms with Gasteiger partial charge < -0.3 is 4.90 Å². The van der Waals surface area contributed by atoms with E-state index in [0.29, 0.717) is 6.54 Å². The molecule has 1 fully saturated rings. The normalized spacial score (nSPS) is 15.5. The number of benzene rings is 3. The lowest BCUT2D eigenvalue weighted by molar-refractivity contribution is 0.201. The van der Waals surface area contributed by atoms with E-state index in [1.54, 1.807) is 11.3 Å². The molecule has 0 amide bonds. The summed E-state index contributed by atoms with van der Waals surface area (Å²) in [6, 6.07) is 24.9. The highest BCUT2D eigenvalue weighted by atomic mass is 32.1. The Kier molecular flexibility index (Phi) is 5.93. The monoisotopic (exact) mass is 485 g/mol. The average Bonchev–Trinajstić information content (AvgIpc) is 3.54. The molecule has 0 radical (unpaired) electrons. The first kappa shape index (κ1) is 21.8. The van der Waals surface area contributed by atoms with E-state index in [1.165, 1.54) is 16.8 Å². The molecule has 1 saturated heterocycles. The van der Waals surface area contributed by atoms with Gasteiger partial charge in [-0.1, -0.05) is 65.9 Å². The zero-order valence-corrected chi connectivity index (χ0v) is 19.9. The number of thiazole rings is 1. The molecule has 0 spiro atoms. The van der Waals surface area contributed by atoms with Crippen LogP contribution in [0.5, 0.6) is 0 Å². The van der Waals surface area contributed by atoms with Gasteiger partial charge >= 0.3 is 0 Å². The Balaban J connectivity index is 1.27. The molecule has 1 unspecified atom stereocenters. The quantitative estimate of drug-likeness (QED) is 0.356. The van der Waals surface area contributed by atoms with Crippen molar-refractivity contribution < 1.29 is 4.39 Å². The fourth-order valence-corrected chi connectivity index (χ4v) is 5.63. The Bertz CT molecular complexity index is 1380. The van der Waals surface area contributed by atoms with Crippen LogP contribution in [0.3, 0.4) is 0 Å². The van der Waals surface area contributed by atoms with Crippen LogP contribution in [-0.4, -0.2) is 56.3 Å². The zero-order chi connectivity index (χ0) is 23.6. The van der Waals surface area contributed by atoms with Crippen molar-refractivity contribution in [1.82, 2.24) is 30.1 Å². The summed E-state index contributed by atoms with van der Waals surface area (Å²) in [5.74, 6) is 0.505. The fraction of sp³-hybridized carbons (Fsp3) is 0.231. The van der Waals surface area contributed by atoms with E-state index in [1.807, 2.05) is 41.1 Å². The van der Waals surface area contributed by atoms with Crippen LogP contribution in [0, 0.1) is 5.82 Å². The van der Waals surface area contributed by atoms with Crippen molar-refractivity contribution in [2.45, 2.75) is 12.6 Å². The number of piperazine rings is 1. The van der Waals surface area contributed by atoms with Crippen LogP contribution in [0.15, 0.2) is 78.9 Å². The van der Waals surface area contributed by atoms with Crippen molar-refractivity contribution in [1.29, 1.82) is 0 Å². The molecule has 0 bridgehead atoms. The van der Waals surface area contributed by atoms with E-state index in [9.17, 15) is 4.39 Å². The van der Waals surface area contributed by atoms with Crippen molar-refractivity contribution in [3.05, 3.63) is 102 Å². The van der Waals surface area contributed by atoms with Crippen LogP contribution in [0.2, 0.25) is 0 Å². The molecule has 35 heavy (non-hydrogen) atoms. The second-order valence-electron chi connectivity index (χ2n) is 8.62. The minimum atomic E-state index is -0.253. The van der Waals surface area contributed by atoms with Crippen LogP contribution in [0.4, 0.5) is 9.52 Å². The van der Waals surface area contributed by atoms with E-state index < -0.39 is 0 Å². The summed E-state index contributed by atoms with van der Waals surface area (Å²) in [6.07, 6.45) is 0. The summed E-state index contributed by atoms with van der Waals surface area (Å²) in [6.45, 7) is 3.90. The molecule has 3 aromatic carbocycles. The molecular weight excluding hydrogens is 461 g/mol. The lowest BCUT2D eigenvalue weighted by atomic mass is 10.0. The summed E-state index contributed by atoms with van der Waals surface area (Å²) < 4.78 is 16.8. The first-order chi connectivity index (χ1) is 17.2. The molecule has 0 aliphatic carbocycles. The van der Waals surface area contributed by atoms with E-state index >= 15 is 0 Å². The van der Waals surface area contributed by atoms with E-state index in [0.717, 1.165) is 53.8 Å². The van der Waals surface area contributed by atoms with Crippen LogP contribution in [0.25, 0.3) is 10.2 Å². The average molecular weight is 486 g/mol. The fourth-order valence-electron chi connectivity index (χ4n) is 4.61. The van der Waals surface area contributed by atoms with E-state index in [4.69, 9.17) is 4.98 Å². The van der Waals surface area contributed by atoms with Gasteiger partial charge in [-0.15, -0.1) is 5.10 Å². The molecule has 3 heterocycles. The Morgan fingerprint density at radius 3 is 2.37 bits per heavy atom. The number of rotatable bonds is 6. The number of tetrazole rings is 1. The standard InChI is InChI=1S/C26H24FN7S/c27-21-12-10-20(11-13-21)24(25-29-30-31-34(25)18-19-6-2-1-3-7-19)32-14-16-33(17-15-32)26-28-22-8-4-5-9-23(22)35-26/h1-13,24H,14-18H2. The van der Waals surface area contributed by atoms with Gasteiger partial charge in [0, 0.05) is 26.2 Å². The SMILES string of the molecule is Fc1ccc(C(c2nnnn2Cc2ccccc2)N2CCN(c3nc4ccccc4s3)CC2)cc1. The third kappa shape index (κ3) is 4.52. The highest BCUT2D eigenvalue weighted by Gasteiger charge is 2.31. The van der Waals surface area contributed by atoms with Crippen LogP contribution < -0.4 is 4.90 Å². The number of hydrogen-bond acceptors (Lipinski definition) is 7. The summed E-state index contributed by atoms with van der Waals surface area (Å²) in [7, 11) is 0. The molecule has 1 atom stereocenters. The maximum absolute atomic E-state index is 13.8. The lowest BCUT2D eigenvalue weighted by Crippen LogP contribution is -2.48. The first-order valence-corrected chi connectivity index (χ1v) is 12.5. The van der Waals surface area contributed by atoms with Gasteiger partial charge in [0.15, 0.2) is 11.0 Å². The molecule has 0 N–H and O–H groups in total. The molecule has 1 aliphatic heterocycles. The molecule has 9 heteroatoms. The highest BCUT2D eigenvalue weighted by Crippen LogP contribution is 2.32. The Labute approximate surface area is 206 Å². The van der Waals surface area contributed by atoms with Crippen molar-refractivity contribution >= 4 is 26.7 Å². The molecule has 7 nitrogen and oxygen atoms in total. The summed E-state index contributed by atoms with van der Waals surface area (Å²) in [4.78, 5) is 9.56. The van der Waals surface area contributed by atoms with Crippen molar-refractivity contribution in [2.24, 2.45) is 0 Å². The van der Waals surface area contributed by atoms with Gasteiger partial charge in [-0.25, -0.2) is 14.1 Å². The molecule has 1 aliphatic rings. The van der Waals surface area contributed by atoms with Gasteiger partial charge in [-0.05, 0) is 45.8 Å². The molecule has 2 aromatic heterocycles. The minimum Gasteiger partial charge on any atom is -0.345 e. The highest BCUT2D eigenvalue weighted by molar-refractivity contribution is 7.22. The Morgan fingerprint density at radius 1 is 0.857 bits per heavy atom. The van der Waals surface area contributed by atoms with E-state index in [2.05, 4.69) is 55.7 Å². The second-order valence-corrected chi connectivity index (χ2v) is 9.63. The Morgan fingerprint density at radius 2 is 1.60 bits per heavy atom. The Hall–Kier alpha value is -3.69. The van der Waals surface area contributed by atoms with Gasteiger partial charge in [0.2, 0.25) is 0 Å². The smallest absolute Gasteiger partial charge is 0.186 e. The molecule has 6 rings (SSSR count). The van der Waals surface area contributed by atoms with Gasteiger partial charge in [-0.2, -0.15) is 0 Å². The largest absolute Gasteiger partial charge is 0.345 e. The number of nitrogens with zero attached hydrogens (tertiary/aromatic N) is 7. The number of aromatic nitrogens is 5. The number of halogens is 1. The first-order valence-electron chi connectivity index (χ1n) is 11.6. The predicted octanol–water partition coefficient (Wildman–Crippen LogP) is 4.38. The van der Waals surface area contributed by atoms with Crippen LogP contribution in [0.1, 0.15) is 23.0 Å². The number of hydrogen-bond donors (Lipinski definition) is 0. The predicted molar refractivity (Wildman–Crippen MR) is 135 cm³/mol. The molecule has 0 saturated carbocycles. The number of fused-ring (bicyclic) bond motifs is 1. The van der Waals surface area contributed by atoms with Crippen molar-refractivity contribution in [2.75, 3.05) is 31.1 Å². The van der Waals surface area contributed by atoms with E-state index in [-0.39, 0.29) is 11.9 Å². The van der Waals surface area contributed by atoms with Gasteiger partial charge in [-0.3, -0.25) is 4.90 Å². The maximum Gasteiger partial charge on any atom is 0.186 e. The number of para-hydroxylation sites is 1. The zero-order valence-electron chi connectivity index (χ0n) is 19.0. The van der Waals surface area contributed by atoms with Crippen LogP contribution >= 0.6 is 11.3 Å². The maximum atomic E-state index is 13.8. The van der Waals surface area contributed by atoms with Gasteiger partial charge in [0.1, 0.15) is 5.82 Å². The second kappa shape index (κ2) is 9.52. The third-order valence-corrected chi connectivity index (χ3v) is 7.49. The van der Waals surface area contributed by atoms with Gasteiger partial charge in [0.05, 0.1) is 22.8 Å². The molecule has 176 valence electrons. The molecular formula is C26H24FN7S. The molecule has 5 aromatic rings. The van der Waals surface area contributed by atoms with Crippen LogP contribution in [-0.2, 0) is 6.54 Å². The number of anilines is 1. The topological polar surface area (TPSA) is 63.0 Å². The summed E-state index contributed by atoms with van der Waals surface area (Å²) in [5, 5.41) is 13.8. The van der Waals surface area contributed by atoms with Gasteiger partial charge in [0.25, 0.3) is 0 Å².